The van der Waals surface area contributed by atoms with Crippen LogP contribution in [0.3, 0.4) is 0 Å². The molecule has 0 unspecified atom stereocenters. The Balaban J connectivity index is 1.39. The molecule has 1 aliphatic rings. The molecule has 8 heteroatoms. The first-order chi connectivity index (χ1) is 14.1. The van der Waals surface area contributed by atoms with Gasteiger partial charge in [0.15, 0.2) is 0 Å². The first-order valence-corrected chi connectivity index (χ1v) is 10.5. The smallest absolute Gasteiger partial charge is 0.242 e. The van der Waals surface area contributed by atoms with E-state index in [4.69, 9.17) is 14.7 Å². The fourth-order valence-electron chi connectivity index (χ4n) is 3.22. The summed E-state index contributed by atoms with van der Waals surface area (Å²) < 4.78 is 10.9. The van der Waals surface area contributed by atoms with Crippen LogP contribution < -0.4 is 14.8 Å². The second-order valence-corrected chi connectivity index (χ2v) is 7.76. The van der Waals surface area contributed by atoms with Crippen LogP contribution in [0.1, 0.15) is 12.5 Å². The minimum absolute atomic E-state index is 0.0692. The maximum atomic E-state index is 12.5. The number of rotatable bonds is 8. The molecule has 7 nitrogen and oxygen atoms in total. The number of hydrogen-bond acceptors (Lipinski definition) is 7. The van der Waals surface area contributed by atoms with Crippen molar-refractivity contribution in [1.29, 1.82) is 5.26 Å². The van der Waals surface area contributed by atoms with Crippen LogP contribution in [-0.2, 0) is 4.79 Å². The fraction of sp³-hybridized carbons (Fsp3) is 0.429. The molecular formula is C21H26N4O3S. The number of nitrogens with zero attached hydrogens (tertiary/aromatic N) is 3. The molecule has 1 fully saturated rings. The molecule has 154 valence electrons. The Kier molecular flexibility index (Phi) is 7.47. The monoisotopic (exact) mass is 414 g/mol. The first-order valence-electron chi connectivity index (χ1n) is 9.62. The van der Waals surface area contributed by atoms with E-state index in [0.717, 1.165) is 44.2 Å². The summed E-state index contributed by atoms with van der Waals surface area (Å²) in [6.45, 7) is 6.83. The quantitative estimate of drug-likeness (QED) is 0.716. The largest absolute Gasteiger partial charge is 0.497 e. The van der Waals surface area contributed by atoms with Gasteiger partial charge in [-0.15, -0.1) is 11.3 Å². The van der Waals surface area contributed by atoms with E-state index >= 15 is 0 Å². The van der Waals surface area contributed by atoms with Gasteiger partial charge in [-0.05, 0) is 42.6 Å². The molecule has 2 aromatic rings. The number of piperazine rings is 1. The maximum absolute atomic E-state index is 12.5. The number of nitrogens with one attached hydrogen (secondary N) is 1. The summed E-state index contributed by atoms with van der Waals surface area (Å²) in [5.41, 5.74) is 0.511. The SMILES string of the molecule is COc1ccc(OCCN2CCN([C@@H](C)C(=O)Nc3sccc3C#N)CC2)cc1. The van der Waals surface area contributed by atoms with E-state index in [9.17, 15) is 4.79 Å². The van der Waals surface area contributed by atoms with Crippen LogP contribution in [0.4, 0.5) is 5.00 Å². The van der Waals surface area contributed by atoms with Crippen molar-refractivity contribution < 1.29 is 14.3 Å². The van der Waals surface area contributed by atoms with Crippen molar-refractivity contribution in [2.24, 2.45) is 0 Å². The van der Waals surface area contributed by atoms with E-state index in [1.54, 1.807) is 13.2 Å². The van der Waals surface area contributed by atoms with Crippen LogP contribution in [0.2, 0.25) is 0 Å². The van der Waals surface area contributed by atoms with Crippen molar-refractivity contribution in [3.63, 3.8) is 0 Å². The molecule has 0 radical (unpaired) electrons. The van der Waals surface area contributed by atoms with Gasteiger partial charge in [-0.1, -0.05) is 0 Å². The van der Waals surface area contributed by atoms with Crippen LogP contribution in [-0.4, -0.2) is 68.2 Å². The summed E-state index contributed by atoms with van der Waals surface area (Å²) in [6.07, 6.45) is 0. The van der Waals surface area contributed by atoms with Gasteiger partial charge in [-0.3, -0.25) is 14.6 Å². The van der Waals surface area contributed by atoms with E-state index in [0.29, 0.717) is 17.2 Å². The van der Waals surface area contributed by atoms with Crippen LogP contribution >= 0.6 is 11.3 Å². The van der Waals surface area contributed by atoms with E-state index in [2.05, 4.69) is 21.2 Å². The van der Waals surface area contributed by atoms with Gasteiger partial charge in [0.05, 0.1) is 18.7 Å². The minimum Gasteiger partial charge on any atom is -0.497 e. The average molecular weight is 415 g/mol. The molecule has 1 atom stereocenters. The van der Waals surface area contributed by atoms with Crippen molar-refractivity contribution in [3.05, 3.63) is 41.3 Å². The third kappa shape index (κ3) is 5.70. The highest BCUT2D eigenvalue weighted by Crippen LogP contribution is 2.23. The van der Waals surface area contributed by atoms with Gasteiger partial charge in [-0.2, -0.15) is 5.26 Å². The standard InChI is InChI=1S/C21H26N4O3S/c1-16(20(26)23-21-17(15-22)7-14-29-21)25-10-8-24(9-11-25)12-13-28-19-5-3-18(27-2)4-6-19/h3-7,14,16H,8-13H2,1-2H3,(H,23,26)/t16-/m0/s1. The number of benzene rings is 1. The van der Waals surface area contributed by atoms with Crippen molar-refractivity contribution >= 4 is 22.2 Å². The number of ether oxygens (including phenoxy) is 2. The predicted octanol–water partition coefficient (Wildman–Crippen LogP) is 2.65. The molecule has 1 aliphatic heterocycles. The number of nitriles is 1. The lowest BCUT2D eigenvalue weighted by Gasteiger charge is -2.37. The number of amides is 1. The van der Waals surface area contributed by atoms with Crippen LogP contribution in [0.5, 0.6) is 11.5 Å². The van der Waals surface area contributed by atoms with Crippen molar-refractivity contribution in [3.8, 4) is 17.6 Å². The molecule has 1 amide bonds. The van der Waals surface area contributed by atoms with Gasteiger partial charge in [-0.25, -0.2) is 0 Å². The van der Waals surface area contributed by atoms with Crippen molar-refractivity contribution in [2.75, 3.05) is 51.8 Å². The summed E-state index contributed by atoms with van der Waals surface area (Å²) in [5.74, 6) is 1.58. The second-order valence-electron chi connectivity index (χ2n) is 6.84. The normalized spacial score (nSPS) is 16.0. The Bertz CT molecular complexity index is 838. The summed E-state index contributed by atoms with van der Waals surface area (Å²) in [6, 6.07) is 11.2. The highest BCUT2D eigenvalue weighted by Gasteiger charge is 2.26. The Hall–Kier alpha value is -2.60. The highest BCUT2D eigenvalue weighted by molar-refractivity contribution is 7.14. The zero-order chi connectivity index (χ0) is 20.6. The second kappa shape index (κ2) is 10.3. The number of carbonyl (C=O) groups is 1. The Morgan fingerprint density at radius 1 is 1.21 bits per heavy atom. The van der Waals surface area contributed by atoms with Crippen LogP contribution in [0, 0.1) is 11.3 Å². The molecule has 1 aromatic carbocycles. The van der Waals surface area contributed by atoms with E-state index in [1.807, 2.05) is 36.6 Å². The summed E-state index contributed by atoms with van der Waals surface area (Å²) in [4.78, 5) is 17.1. The molecule has 0 aliphatic carbocycles. The zero-order valence-corrected chi connectivity index (χ0v) is 17.6. The highest BCUT2D eigenvalue weighted by atomic mass is 32.1. The summed E-state index contributed by atoms with van der Waals surface area (Å²) in [7, 11) is 1.64. The molecule has 1 aromatic heterocycles. The Morgan fingerprint density at radius 3 is 2.55 bits per heavy atom. The number of carbonyl (C=O) groups excluding carboxylic acids is 1. The van der Waals surface area contributed by atoms with Gasteiger partial charge in [0.2, 0.25) is 5.91 Å². The predicted molar refractivity (Wildman–Crippen MR) is 114 cm³/mol. The molecule has 1 N–H and O–H groups in total. The van der Waals surface area contributed by atoms with Gasteiger partial charge >= 0.3 is 0 Å². The summed E-state index contributed by atoms with van der Waals surface area (Å²) in [5, 5.41) is 14.4. The number of hydrogen-bond donors (Lipinski definition) is 1. The summed E-state index contributed by atoms with van der Waals surface area (Å²) >= 11 is 1.37. The van der Waals surface area contributed by atoms with E-state index in [1.165, 1.54) is 11.3 Å². The molecule has 0 spiro atoms. The van der Waals surface area contributed by atoms with E-state index in [-0.39, 0.29) is 11.9 Å². The number of thiophene rings is 1. The number of anilines is 1. The van der Waals surface area contributed by atoms with Crippen LogP contribution in [0.15, 0.2) is 35.7 Å². The molecule has 3 rings (SSSR count). The third-order valence-electron chi connectivity index (χ3n) is 5.09. The molecule has 0 bridgehead atoms. The first kappa shape index (κ1) is 21.1. The lowest BCUT2D eigenvalue weighted by atomic mass is 10.2. The van der Waals surface area contributed by atoms with Gasteiger partial charge in [0.25, 0.3) is 0 Å². The fourth-order valence-corrected chi connectivity index (χ4v) is 3.96. The molecular weight excluding hydrogens is 388 g/mol. The lowest BCUT2D eigenvalue weighted by Crippen LogP contribution is -2.53. The van der Waals surface area contributed by atoms with Gasteiger partial charge < -0.3 is 14.8 Å². The van der Waals surface area contributed by atoms with Crippen molar-refractivity contribution in [1.82, 2.24) is 9.80 Å². The molecule has 0 saturated carbocycles. The van der Waals surface area contributed by atoms with Crippen molar-refractivity contribution in [2.45, 2.75) is 13.0 Å². The zero-order valence-electron chi connectivity index (χ0n) is 16.8. The van der Waals surface area contributed by atoms with Crippen LogP contribution in [0.25, 0.3) is 0 Å². The minimum atomic E-state index is -0.235. The molecule has 2 heterocycles. The maximum Gasteiger partial charge on any atom is 0.242 e. The average Bonchev–Trinajstić information content (AvgIpc) is 3.21. The van der Waals surface area contributed by atoms with Gasteiger partial charge in [0.1, 0.15) is 29.2 Å². The Morgan fingerprint density at radius 2 is 1.90 bits per heavy atom. The van der Waals surface area contributed by atoms with Gasteiger partial charge in [0, 0.05) is 32.7 Å². The lowest BCUT2D eigenvalue weighted by molar-refractivity contribution is -0.121. The molecule has 29 heavy (non-hydrogen) atoms. The van der Waals surface area contributed by atoms with E-state index < -0.39 is 0 Å². The number of methoxy groups -OCH3 is 1. The third-order valence-corrected chi connectivity index (χ3v) is 5.92. The topological polar surface area (TPSA) is 77.8 Å². The Labute approximate surface area is 175 Å². The molecule has 1 saturated heterocycles.